The molecule has 0 bridgehead atoms. The Hall–Kier alpha value is -1.22. The second kappa shape index (κ2) is 8.24. The van der Waals surface area contributed by atoms with Crippen LogP contribution in [0.15, 0.2) is 34.3 Å². The van der Waals surface area contributed by atoms with Crippen LogP contribution in [0.4, 0.5) is 0 Å². The van der Waals surface area contributed by atoms with Gasteiger partial charge in [0.15, 0.2) is 0 Å². The van der Waals surface area contributed by atoms with E-state index in [1.165, 1.54) is 5.57 Å². The third-order valence-corrected chi connectivity index (χ3v) is 5.98. The summed E-state index contributed by atoms with van der Waals surface area (Å²) in [5.74, 6) is 0.619. The maximum absolute atomic E-state index is 10.8. The maximum Gasteiger partial charge on any atom is 0.137 e. The first-order valence-corrected chi connectivity index (χ1v) is 9.72. The molecular weight excluding hydrogens is 364 g/mol. The fourth-order valence-electron chi connectivity index (χ4n) is 3.68. The van der Waals surface area contributed by atoms with Crippen molar-refractivity contribution in [3.8, 4) is 11.5 Å². The van der Waals surface area contributed by atoms with Crippen LogP contribution in [0, 0.1) is 5.92 Å². The van der Waals surface area contributed by atoms with Crippen molar-refractivity contribution in [2.75, 3.05) is 0 Å². The zero-order chi connectivity index (χ0) is 17.9. The van der Waals surface area contributed by atoms with Crippen molar-refractivity contribution in [2.45, 2.75) is 65.2 Å². The molecule has 2 atom stereocenters. The topological polar surface area (TPSA) is 40.5 Å². The first kappa shape index (κ1) is 19.1. The summed E-state index contributed by atoms with van der Waals surface area (Å²) in [5, 5.41) is 21.4. The quantitative estimate of drug-likeness (QED) is 0.422. The Morgan fingerprint density at radius 1 is 1.33 bits per heavy atom. The molecule has 0 amide bonds. The van der Waals surface area contributed by atoms with Gasteiger partial charge in [-0.15, -0.1) is 0 Å². The van der Waals surface area contributed by atoms with Crippen LogP contribution in [-0.4, -0.2) is 10.2 Å². The number of benzene rings is 1. The minimum absolute atomic E-state index is 0.0164. The number of unbranched alkanes of at least 4 members (excludes halogenated alkanes) is 2. The number of halogens is 1. The average Bonchev–Trinajstić information content (AvgIpc) is 2.52. The molecule has 0 heterocycles. The molecule has 2 N–H and O–H groups in total. The first-order chi connectivity index (χ1) is 11.4. The molecule has 0 aliphatic heterocycles. The monoisotopic (exact) mass is 392 g/mol. The van der Waals surface area contributed by atoms with Gasteiger partial charge >= 0.3 is 0 Å². The fourth-order valence-corrected chi connectivity index (χ4v) is 4.21. The Labute approximate surface area is 154 Å². The summed E-state index contributed by atoms with van der Waals surface area (Å²) in [4.78, 5) is 0. The smallest absolute Gasteiger partial charge is 0.137 e. The van der Waals surface area contributed by atoms with Crippen molar-refractivity contribution in [2.24, 2.45) is 5.92 Å². The Kier molecular flexibility index (Phi) is 6.56. The van der Waals surface area contributed by atoms with Crippen molar-refractivity contribution in [3.63, 3.8) is 0 Å². The summed E-state index contributed by atoms with van der Waals surface area (Å²) in [6.45, 7) is 10.4. The van der Waals surface area contributed by atoms with Crippen molar-refractivity contribution >= 4 is 15.9 Å². The van der Waals surface area contributed by atoms with Gasteiger partial charge < -0.3 is 10.2 Å². The third-order valence-electron chi connectivity index (χ3n) is 5.10. The number of rotatable bonds is 6. The van der Waals surface area contributed by atoms with E-state index in [0.717, 1.165) is 54.1 Å². The number of phenolic OH excluding ortho intramolecular Hbond substituents is 2. The van der Waals surface area contributed by atoms with E-state index < -0.39 is 0 Å². The second-order valence-electron chi connectivity index (χ2n) is 7.12. The number of aromatic hydroxyl groups is 2. The Balaban J connectivity index is 2.44. The molecule has 1 aliphatic rings. The van der Waals surface area contributed by atoms with Crippen LogP contribution in [0.5, 0.6) is 11.5 Å². The lowest BCUT2D eigenvalue weighted by molar-refractivity contribution is 0.404. The molecule has 1 aromatic rings. The molecule has 3 heteroatoms. The zero-order valence-corrected chi connectivity index (χ0v) is 16.6. The van der Waals surface area contributed by atoms with Crippen LogP contribution < -0.4 is 0 Å². The van der Waals surface area contributed by atoms with Gasteiger partial charge in [0.05, 0.1) is 4.47 Å². The Bertz CT molecular complexity index is 646. The standard InChI is InChI=1S/C21H29BrO2/c1-5-6-7-8-15-12-18(23)19(21(24)20(15)22)17-11-14(4)9-10-16(17)13(2)3/h11-12,16-17,23-24H,2,5-10H2,1,3-4H3. The van der Waals surface area contributed by atoms with Crippen molar-refractivity contribution in [1.29, 1.82) is 0 Å². The van der Waals surface area contributed by atoms with Gasteiger partial charge in [-0.1, -0.05) is 43.6 Å². The van der Waals surface area contributed by atoms with E-state index in [2.05, 4.69) is 42.4 Å². The van der Waals surface area contributed by atoms with Crippen LogP contribution in [-0.2, 0) is 6.42 Å². The van der Waals surface area contributed by atoms with Crippen LogP contribution in [0.25, 0.3) is 0 Å². The number of hydrogen-bond acceptors (Lipinski definition) is 2. The molecule has 0 radical (unpaired) electrons. The summed E-state index contributed by atoms with van der Waals surface area (Å²) < 4.78 is 0.725. The lowest BCUT2D eigenvalue weighted by atomic mass is 9.73. The second-order valence-corrected chi connectivity index (χ2v) is 7.91. The summed E-state index contributed by atoms with van der Waals surface area (Å²) in [5.41, 5.74) is 4.02. The van der Waals surface area contributed by atoms with E-state index in [9.17, 15) is 10.2 Å². The highest BCUT2D eigenvalue weighted by molar-refractivity contribution is 9.10. The van der Waals surface area contributed by atoms with Crippen LogP contribution in [0.3, 0.4) is 0 Å². The summed E-state index contributed by atoms with van der Waals surface area (Å²) >= 11 is 3.55. The predicted molar refractivity (Wildman–Crippen MR) is 105 cm³/mol. The largest absolute Gasteiger partial charge is 0.507 e. The molecule has 0 fully saturated rings. The molecule has 2 unspecified atom stereocenters. The van der Waals surface area contributed by atoms with E-state index in [1.54, 1.807) is 0 Å². The highest BCUT2D eigenvalue weighted by atomic mass is 79.9. The van der Waals surface area contributed by atoms with Gasteiger partial charge in [0.25, 0.3) is 0 Å². The SMILES string of the molecule is C=C(C)C1CCC(C)=CC1c1c(O)cc(CCCCC)c(Br)c1O. The molecule has 0 aromatic heterocycles. The van der Waals surface area contributed by atoms with Crippen LogP contribution >= 0.6 is 15.9 Å². The van der Waals surface area contributed by atoms with Crippen LogP contribution in [0.1, 0.15) is 69.9 Å². The molecule has 132 valence electrons. The highest BCUT2D eigenvalue weighted by Crippen LogP contribution is 2.49. The molecule has 24 heavy (non-hydrogen) atoms. The molecule has 0 saturated heterocycles. The lowest BCUT2D eigenvalue weighted by Gasteiger charge is -2.31. The molecule has 0 saturated carbocycles. The minimum Gasteiger partial charge on any atom is -0.507 e. The minimum atomic E-state index is -0.0164. The first-order valence-electron chi connectivity index (χ1n) is 8.92. The summed E-state index contributed by atoms with van der Waals surface area (Å²) in [6.07, 6.45) is 8.46. The molecule has 1 aromatic carbocycles. The predicted octanol–water partition coefficient (Wildman–Crippen LogP) is 6.61. The van der Waals surface area contributed by atoms with E-state index in [0.29, 0.717) is 5.56 Å². The molecule has 2 rings (SSSR count). The van der Waals surface area contributed by atoms with Gasteiger partial charge in [-0.3, -0.25) is 0 Å². The van der Waals surface area contributed by atoms with Crippen molar-refractivity contribution in [1.82, 2.24) is 0 Å². The maximum atomic E-state index is 10.8. The van der Waals surface area contributed by atoms with Crippen LogP contribution in [0.2, 0.25) is 0 Å². The fraction of sp³-hybridized carbons (Fsp3) is 0.524. The molecular formula is C21H29BrO2. The van der Waals surface area contributed by atoms with Gasteiger partial charge in [0, 0.05) is 11.5 Å². The third kappa shape index (κ3) is 4.05. The molecule has 0 spiro atoms. The van der Waals surface area contributed by atoms with Crippen molar-refractivity contribution < 1.29 is 10.2 Å². The average molecular weight is 393 g/mol. The van der Waals surface area contributed by atoms with Gasteiger partial charge in [-0.25, -0.2) is 0 Å². The van der Waals surface area contributed by atoms with Crippen molar-refractivity contribution in [3.05, 3.63) is 45.5 Å². The van der Waals surface area contributed by atoms with E-state index >= 15 is 0 Å². The highest BCUT2D eigenvalue weighted by Gasteiger charge is 2.31. The van der Waals surface area contributed by atoms with E-state index in [-0.39, 0.29) is 23.3 Å². The lowest BCUT2D eigenvalue weighted by Crippen LogP contribution is -2.17. The van der Waals surface area contributed by atoms with Gasteiger partial charge in [0.1, 0.15) is 11.5 Å². The Morgan fingerprint density at radius 2 is 2.04 bits per heavy atom. The van der Waals surface area contributed by atoms with E-state index in [1.807, 2.05) is 13.0 Å². The molecule has 1 aliphatic carbocycles. The zero-order valence-electron chi connectivity index (χ0n) is 15.0. The van der Waals surface area contributed by atoms with E-state index in [4.69, 9.17) is 0 Å². The van der Waals surface area contributed by atoms with Gasteiger partial charge in [-0.05, 0) is 73.0 Å². The van der Waals surface area contributed by atoms with Gasteiger partial charge in [0.2, 0.25) is 0 Å². The number of hydrogen-bond donors (Lipinski definition) is 2. The molecule has 2 nitrogen and oxygen atoms in total. The summed E-state index contributed by atoms with van der Waals surface area (Å²) in [6, 6.07) is 1.82. The van der Waals surface area contributed by atoms with Gasteiger partial charge in [-0.2, -0.15) is 0 Å². The Morgan fingerprint density at radius 3 is 2.67 bits per heavy atom. The summed E-state index contributed by atoms with van der Waals surface area (Å²) in [7, 11) is 0. The number of allylic oxidation sites excluding steroid dienone is 3. The number of phenols is 2. The number of aryl methyl sites for hydroxylation is 1. The normalized spacial score (nSPS) is 20.8.